The van der Waals surface area contributed by atoms with Crippen LogP contribution in [0.2, 0.25) is 5.28 Å². The number of hydrogen-bond acceptors (Lipinski definition) is 8. The molecule has 1 N–H and O–H groups in total. The average molecular weight is 431 g/mol. The van der Waals surface area contributed by atoms with Gasteiger partial charge in [-0.15, -0.1) is 0 Å². The maximum Gasteiger partial charge on any atom is 0.332 e. The summed E-state index contributed by atoms with van der Waals surface area (Å²) in [5.41, 5.74) is 0.237. The van der Waals surface area contributed by atoms with Gasteiger partial charge in [-0.3, -0.25) is 18.9 Å². The summed E-state index contributed by atoms with van der Waals surface area (Å²) in [6, 6.07) is 0. The minimum atomic E-state index is -0.426. The summed E-state index contributed by atoms with van der Waals surface area (Å²) in [5.74, 6) is 0.834. The van der Waals surface area contributed by atoms with E-state index in [1.165, 1.54) is 9.13 Å². The van der Waals surface area contributed by atoms with Crippen LogP contribution in [-0.4, -0.2) is 39.2 Å². The first-order chi connectivity index (χ1) is 14.6. The van der Waals surface area contributed by atoms with Crippen LogP contribution in [0.1, 0.15) is 32.1 Å². The highest BCUT2D eigenvalue weighted by atomic mass is 35.5. The van der Waals surface area contributed by atoms with E-state index in [4.69, 9.17) is 16.1 Å². The molecule has 0 bridgehead atoms. The fourth-order valence-corrected chi connectivity index (χ4v) is 3.36. The lowest BCUT2D eigenvalue weighted by molar-refractivity contribution is 0.372. The van der Waals surface area contributed by atoms with Crippen molar-refractivity contribution >= 4 is 22.8 Å². The van der Waals surface area contributed by atoms with Crippen molar-refractivity contribution in [2.45, 2.75) is 45.7 Å². The Kier molecular flexibility index (Phi) is 5.70. The third-order valence-electron chi connectivity index (χ3n) is 4.56. The zero-order chi connectivity index (χ0) is 21.1. The predicted octanol–water partition coefficient (Wildman–Crippen LogP) is 1.81. The third kappa shape index (κ3) is 3.88. The number of aryl methyl sites for hydroxylation is 2. The van der Waals surface area contributed by atoms with Crippen molar-refractivity contribution in [3.8, 4) is 11.5 Å². The average Bonchev–Trinajstić information content (AvgIpc) is 3.38. The van der Waals surface area contributed by atoms with Crippen LogP contribution < -0.4 is 11.2 Å². The first kappa shape index (κ1) is 20.0. The van der Waals surface area contributed by atoms with Gasteiger partial charge < -0.3 is 9.51 Å². The molecule has 0 aliphatic carbocycles. The molecule has 0 aliphatic rings. The molecule has 0 spiro atoms. The lowest BCUT2D eigenvalue weighted by Gasteiger charge is -2.10. The Morgan fingerprint density at radius 1 is 1.13 bits per heavy atom. The summed E-state index contributed by atoms with van der Waals surface area (Å²) < 4.78 is 7.93. The van der Waals surface area contributed by atoms with Gasteiger partial charge in [0.05, 0.1) is 6.20 Å². The normalized spacial score (nSPS) is 11.4. The summed E-state index contributed by atoms with van der Waals surface area (Å²) >= 11 is 5.91. The van der Waals surface area contributed by atoms with E-state index in [0.717, 1.165) is 6.42 Å². The standard InChI is InChI=1S/C18H19ClN8O3/c1-2-8-26-15-13(23-17(19)24-15)16(28)27(18(26)29)9-4-3-5-12-22-14(25-30-12)11-10-20-6-7-21-11/h6-7,10H,2-5,8-9H2,1H3,(H,23,24). The second-order valence-corrected chi connectivity index (χ2v) is 7.03. The quantitative estimate of drug-likeness (QED) is 0.330. The largest absolute Gasteiger partial charge is 0.339 e. The number of aromatic nitrogens is 8. The number of rotatable bonds is 8. The number of unbranched alkanes of at least 4 members (excludes halogenated alkanes) is 1. The van der Waals surface area contributed by atoms with Gasteiger partial charge >= 0.3 is 5.69 Å². The molecule has 156 valence electrons. The molecule has 0 radical (unpaired) electrons. The molecule has 4 rings (SSSR count). The summed E-state index contributed by atoms with van der Waals surface area (Å²) in [7, 11) is 0. The van der Waals surface area contributed by atoms with Gasteiger partial charge in [0.1, 0.15) is 5.69 Å². The van der Waals surface area contributed by atoms with Crippen LogP contribution in [0.3, 0.4) is 0 Å². The Labute approximate surface area is 174 Å². The molecule has 0 unspecified atom stereocenters. The van der Waals surface area contributed by atoms with Gasteiger partial charge in [0.25, 0.3) is 5.56 Å². The molecule has 11 nitrogen and oxygen atoms in total. The van der Waals surface area contributed by atoms with Gasteiger partial charge in [0, 0.05) is 31.9 Å². The smallest absolute Gasteiger partial charge is 0.332 e. The van der Waals surface area contributed by atoms with Gasteiger partial charge in [-0.25, -0.2) is 9.78 Å². The Hall–Kier alpha value is -3.34. The molecule has 0 atom stereocenters. The predicted molar refractivity (Wildman–Crippen MR) is 108 cm³/mol. The van der Waals surface area contributed by atoms with Gasteiger partial charge in [-0.2, -0.15) is 9.97 Å². The second-order valence-electron chi connectivity index (χ2n) is 6.68. The highest BCUT2D eigenvalue weighted by molar-refractivity contribution is 6.28. The second kappa shape index (κ2) is 8.57. The lowest BCUT2D eigenvalue weighted by Crippen LogP contribution is -2.40. The SMILES string of the molecule is CCCn1c(=O)n(CCCCc2nc(-c3cnccn3)no2)c(=O)c2[nH]c(Cl)nc21. The van der Waals surface area contributed by atoms with Gasteiger partial charge in [0.2, 0.25) is 17.0 Å². The van der Waals surface area contributed by atoms with Crippen LogP contribution in [-0.2, 0) is 19.5 Å². The number of H-pyrrole nitrogens is 1. The number of fused-ring (bicyclic) bond motifs is 1. The summed E-state index contributed by atoms with van der Waals surface area (Å²) in [5, 5.41) is 3.98. The van der Waals surface area contributed by atoms with Gasteiger partial charge in [-0.1, -0.05) is 12.1 Å². The first-order valence-electron chi connectivity index (χ1n) is 9.56. The minimum Gasteiger partial charge on any atom is -0.339 e. The molecule has 12 heteroatoms. The van der Waals surface area contributed by atoms with Crippen molar-refractivity contribution in [3.05, 3.63) is 50.6 Å². The molecule has 0 fully saturated rings. The monoisotopic (exact) mass is 430 g/mol. The van der Waals surface area contributed by atoms with E-state index in [1.807, 2.05) is 6.92 Å². The van der Waals surface area contributed by atoms with Crippen LogP contribution in [0, 0.1) is 0 Å². The zero-order valence-electron chi connectivity index (χ0n) is 16.2. The van der Waals surface area contributed by atoms with E-state index >= 15 is 0 Å². The van der Waals surface area contributed by atoms with Crippen LogP contribution in [0.5, 0.6) is 0 Å². The molecule has 0 saturated heterocycles. The van der Waals surface area contributed by atoms with E-state index < -0.39 is 5.56 Å². The molecule has 0 amide bonds. The molecule has 4 aromatic heterocycles. The number of nitrogens with zero attached hydrogens (tertiary/aromatic N) is 7. The van der Waals surface area contributed by atoms with E-state index in [0.29, 0.717) is 43.2 Å². The first-order valence-corrected chi connectivity index (χ1v) is 9.94. The van der Waals surface area contributed by atoms with Gasteiger partial charge in [0.15, 0.2) is 11.2 Å². The highest BCUT2D eigenvalue weighted by Crippen LogP contribution is 2.13. The zero-order valence-corrected chi connectivity index (χ0v) is 17.0. The number of aromatic amines is 1. The lowest BCUT2D eigenvalue weighted by atomic mass is 10.2. The molecule has 0 saturated carbocycles. The van der Waals surface area contributed by atoms with E-state index in [9.17, 15) is 9.59 Å². The third-order valence-corrected chi connectivity index (χ3v) is 4.74. The van der Waals surface area contributed by atoms with Crippen molar-refractivity contribution in [1.82, 2.24) is 39.2 Å². The Morgan fingerprint density at radius 2 is 2.00 bits per heavy atom. The van der Waals surface area contributed by atoms with Crippen LogP contribution in [0.15, 0.2) is 32.7 Å². The molecule has 30 heavy (non-hydrogen) atoms. The Morgan fingerprint density at radius 3 is 2.77 bits per heavy atom. The molecule has 0 aliphatic heterocycles. The maximum atomic E-state index is 12.8. The number of hydrogen-bond donors (Lipinski definition) is 1. The summed E-state index contributed by atoms with van der Waals surface area (Å²) in [6.45, 7) is 2.66. The fraction of sp³-hybridized carbons (Fsp3) is 0.389. The summed E-state index contributed by atoms with van der Waals surface area (Å²) in [6.07, 6.45) is 7.15. The van der Waals surface area contributed by atoms with Crippen LogP contribution in [0.4, 0.5) is 0 Å². The van der Waals surface area contributed by atoms with Crippen LogP contribution >= 0.6 is 11.6 Å². The van der Waals surface area contributed by atoms with E-state index in [-0.39, 0.29) is 28.7 Å². The van der Waals surface area contributed by atoms with Crippen molar-refractivity contribution in [1.29, 1.82) is 0 Å². The van der Waals surface area contributed by atoms with Crippen molar-refractivity contribution < 1.29 is 4.52 Å². The van der Waals surface area contributed by atoms with E-state index in [2.05, 4.69) is 30.1 Å². The molecule has 0 aromatic carbocycles. The number of imidazole rings is 1. The molecular weight excluding hydrogens is 412 g/mol. The van der Waals surface area contributed by atoms with Crippen molar-refractivity contribution in [2.75, 3.05) is 0 Å². The molecule has 4 heterocycles. The van der Waals surface area contributed by atoms with Gasteiger partial charge in [-0.05, 0) is 30.9 Å². The topological polar surface area (TPSA) is 137 Å². The minimum absolute atomic E-state index is 0.0828. The number of nitrogens with one attached hydrogen (secondary N) is 1. The maximum absolute atomic E-state index is 12.8. The Balaban J connectivity index is 1.46. The number of halogens is 1. The Bertz CT molecular complexity index is 1270. The van der Waals surface area contributed by atoms with Crippen molar-refractivity contribution in [3.63, 3.8) is 0 Å². The van der Waals surface area contributed by atoms with E-state index in [1.54, 1.807) is 18.6 Å². The summed E-state index contributed by atoms with van der Waals surface area (Å²) in [4.78, 5) is 44.7. The fourth-order valence-electron chi connectivity index (χ4n) is 3.18. The highest BCUT2D eigenvalue weighted by Gasteiger charge is 2.16. The molecule has 4 aromatic rings. The van der Waals surface area contributed by atoms with Crippen LogP contribution in [0.25, 0.3) is 22.7 Å². The molecular formula is C18H19ClN8O3. The van der Waals surface area contributed by atoms with Crippen molar-refractivity contribution in [2.24, 2.45) is 0 Å².